The lowest BCUT2D eigenvalue weighted by atomic mass is 9.91. The minimum Gasteiger partial charge on any atom is -0.479 e. The maximum Gasteiger partial charge on any atom is 0.338 e. The number of carbonyl (C=O) groups is 4. The van der Waals surface area contributed by atoms with E-state index in [1.807, 2.05) is 0 Å². The summed E-state index contributed by atoms with van der Waals surface area (Å²) in [4.78, 5) is 49.1. The number of ketones is 1. The third-order valence-corrected chi connectivity index (χ3v) is 4.04. The molecule has 0 rings (SSSR count). The van der Waals surface area contributed by atoms with Crippen LogP contribution < -0.4 is 28.3 Å². The number of carboxylic acid groups (broad SMARTS) is 1. The summed E-state index contributed by atoms with van der Waals surface area (Å²) in [5.41, 5.74) is 18.8. The lowest BCUT2D eigenvalue weighted by Crippen LogP contribution is -2.69. The molecule has 0 fully saturated rings. The SMILES string of the molecule is N=C(N)NCCCC(N)C(=O)N(C(=O)CN)C(CS)(C(=O)O)C(=O)CN. The number of nitrogens with two attached hydrogens (primary N) is 4. The Labute approximate surface area is 155 Å². The Balaban J connectivity index is 5.67. The number of aliphatic carboxylic acids is 1. The van der Waals surface area contributed by atoms with Gasteiger partial charge in [0.25, 0.3) is 0 Å². The fourth-order valence-electron chi connectivity index (χ4n) is 2.18. The third kappa shape index (κ3) is 5.39. The van der Waals surface area contributed by atoms with Crippen LogP contribution >= 0.6 is 12.6 Å². The van der Waals surface area contributed by atoms with Gasteiger partial charge in [-0.3, -0.25) is 24.7 Å². The number of Topliss-reactive ketones (excluding diaryl/α,β-unsaturated/α-hetero) is 1. The number of amides is 2. The maximum absolute atomic E-state index is 12.6. The number of nitrogens with zero attached hydrogens (tertiary/aromatic N) is 1. The van der Waals surface area contributed by atoms with Crippen LogP contribution in [0, 0.1) is 5.41 Å². The molecule has 0 saturated carbocycles. The maximum atomic E-state index is 12.6. The van der Waals surface area contributed by atoms with Gasteiger partial charge in [0.2, 0.25) is 17.4 Å². The summed E-state index contributed by atoms with van der Waals surface area (Å²) in [6, 6.07) is -1.29. The van der Waals surface area contributed by atoms with Gasteiger partial charge in [-0.15, -0.1) is 0 Å². The number of thiol groups is 1. The molecular weight excluding hydrogens is 366 g/mol. The van der Waals surface area contributed by atoms with Crippen LogP contribution in [0.15, 0.2) is 0 Å². The van der Waals surface area contributed by atoms with Crippen LogP contribution in [0.3, 0.4) is 0 Å². The molecule has 0 heterocycles. The monoisotopic (exact) mass is 391 g/mol. The summed E-state index contributed by atoms with van der Waals surface area (Å²) in [7, 11) is 0. The van der Waals surface area contributed by atoms with Crippen molar-refractivity contribution in [2.24, 2.45) is 22.9 Å². The average Bonchev–Trinajstić information content (AvgIpc) is 2.60. The molecule has 0 bridgehead atoms. The Hall–Kier alpha value is -2.22. The number of carboxylic acids is 1. The zero-order valence-corrected chi connectivity index (χ0v) is 15.0. The highest BCUT2D eigenvalue weighted by molar-refractivity contribution is 7.80. The van der Waals surface area contributed by atoms with Gasteiger partial charge in [0, 0.05) is 12.3 Å². The molecule has 11 N–H and O–H groups in total. The fourth-order valence-corrected chi connectivity index (χ4v) is 2.64. The normalized spacial score (nSPS) is 14.0. The van der Waals surface area contributed by atoms with E-state index < -0.39 is 54.0 Å². The molecule has 2 amide bonds. The predicted molar refractivity (Wildman–Crippen MR) is 96.3 cm³/mol. The van der Waals surface area contributed by atoms with Crippen molar-refractivity contribution in [1.29, 1.82) is 5.41 Å². The van der Waals surface area contributed by atoms with Crippen LogP contribution in [-0.2, 0) is 19.2 Å². The van der Waals surface area contributed by atoms with E-state index >= 15 is 0 Å². The Kier molecular flexibility index (Phi) is 9.79. The quantitative estimate of drug-likeness (QED) is 0.0561. The van der Waals surface area contributed by atoms with Crippen molar-refractivity contribution in [3.8, 4) is 0 Å². The summed E-state index contributed by atoms with van der Waals surface area (Å²) >= 11 is 3.85. The molecule has 148 valence electrons. The van der Waals surface area contributed by atoms with Crippen molar-refractivity contribution in [2.45, 2.75) is 24.4 Å². The molecule has 2 atom stereocenters. The minimum absolute atomic E-state index is 0.0343. The molecule has 0 aliphatic heterocycles. The first-order chi connectivity index (χ1) is 12.1. The number of carbonyl (C=O) groups excluding carboxylic acids is 3. The van der Waals surface area contributed by atoms with E-state index in [1.54, 1.807) is 0 Å². The smallest absolute Gasteiger partial charge is 0.338 e. The summed E-state index contributed by atoms with van der Waals surface area (Å²) < 4.78 is 0. The zero-order chi connectivity index (χ0) is 20.5. The largest absolute Gasteiger partial charge is 0.479 e. The highest BCUT2D eigenvalue weighted by Gasteiger charge is 2.54. The van der Waals surface area contributed by atoms with Gasteiger partial charge < -0.3 is 33.4 Å². The number of imide groups is 1. The molecule has 2 unspecified atom stereocenters. The summed E-state index contributed by atoms with van der Waals surface area (Å²) in [5, 5.41) is 19.1. The van der Waals surface area contributed by atoms with Crippen LogP contribution in [0.4, 0.5) is 0 Å². The van der Waals surface area contributed by atoms with E-state index in [0.29, 0.717) is 6.42 Å². The van der Waals surface area contributed by atoms with Gasteiger partial charge in [-0.05, 0) is 12.8 Å². The Bertz CT molecular complexity index is 573. The first kappa shape index (κ1) is 23.8. The average molecular weight is 391 g/mol. The van der Waals surface area contributed by atoms with Crippen LogP contribution in [0.1, 0.15) is 12.8 Å². The van der Waals surface area contributed by atoms with Crippen molar-refractivity contribution >= 4 is 42.2 Å². The predicted octanol–water partition coefficient (Wildman–Crippen LogP) is -3.83. The first-order valence-corrected chi connectivity index (χ1v) is 8.21. The Morgan fingerprint density at radius 2 is 1.81 bits per heavy atom. The molecule has 0 aromatic rings. The molecule has 0 aliphatic rings. The summed E-state index contributed by atoms with van der Waals surface area (Å²) in [6.45, 7) is -1.21. The van der Waals surface area contributed by atoms with Crippen molar-refractivity contribution in [3.63, 3.8) is 0 Å². The number of rotatable bonds is 11. The molecule has 26 heavy (non-hydrogen) atoms. The zero-order valence-electron chi connectivity index (χ0n) is 14.1. The molecule has 0 radical (unpaired) electrons. The molecule has 0 aromatic carbocycles. The number of guanidine groups is 1. The number of hydrogen-bond donors (Lipinski definition) is 8. The Morgan fingerprint density at radius 1 is 1.23 bits per heavy atom. The van der Waals surface area contributed by atoms with E-state index in [1.165, 1.54) is 0 Å². The lowest BCUT2D eigenvalue weighted by molar-refractivity contribution is -0.169. The molecule has 0 saturated heterocycles. The van der Waals surface area contributed by atoms with Gasteiger partial charge in [-0.25, -0.2) is 4.79 Å². The topological polar surface area (TPSA) is 232 Å². The molecule has 12 nitrogen and oxygen atoms in total. The molecule has 13 heteroatoms. The highest BCUT2D eigenvalue weighted by Crippen LogP contribution is 2.22. The van der Waals surface area contributed by atoms with Crippen molar-refractivity contribution in [2.75, 3.05) is 25.4 Å². The van der Waals surface area contributed by atoms with Crippen LogP contribution in [0.2, 0.25) is 0 Å². The molecule has 0 aromatic heterocycles. The van der Waals surface area contributed by atoms with Crippen molar-refractivity contribution < 1.29 is 24.3 Å². The van der Waals surface area contributed by atoms with E-state index in [4.69, 9.17) is 28.3 Å². The van der Waals surface area contributed by atoms with E-state index in [0.717, 1.165) is 0 Å². The van der Waals surface area contributed by atoms with Gasteiger partial charge in [0.05, 0.1) is 19.1 Å². The van der Waals surface area contributed by atoms with Crippen LogP contribution in [0.25, 0.3) is 0 Å². The van der Waals surface area contributed by atoms with Crippen molar-refractivity contribution in [1.82, 2.24) is 10.2 Å². The minimum atomic E-state index is -2.60. The summed E-state index contributed by atoms with van der Waals surface area (Å²) in [6.07, 6.45) is 0.329. The number of hydrogen-bond acceptors (Lipinski definition) is 9. The van der Waals surface area contributed by atoms with Gasteiger partial charge in [0.1, 0.15) is 0 Å². The fraction of sp³-hybridized carbons (Fsp3) is 0.615. The highest BCUT2D eigenvalue weighted by atomic mass is 32.1. The second-order valence-corrected chi connectivity index (χ2v) is 5.63. The standard InChI is InChI=1S/C13H25N7O5S/c14-4-8(21)13(6-26,11(24)25)20(9(22)5-15)10(23)7(16)2-1-3-19-12(17)18/h7,26H,1-6,14-16H2,(H,24,25)(H4,17,18,19). The van der Waals surface area contributed by atoms with Gasteiger partial charge in [-0.2, -0.15) is 12.6 Å². The van der Waals surface area contributed by atoms with Crippen LogP contribution in [0.5, 0.6) is 0 Å². The third-order valence-electron chi connectivity index (χ3n) is 3.58. The van der Waals surface area contributed by atoms with E-state index in [9.17, 15) is 24.3 Å². The Morgan fingerprint density at radius 3 is 2.19 bits per heavy atom. The molecule has 0 aliphatic carbocycles. The van der Waals surface area contributed by atoms with Gasteiger partial charge in [0.15, 0.2) is 11.7 Å². The number of nitrogens with one attached hydrogen (secondary N) is 2. The van der Waals surface area contributed by atoms with Crippen molar-refractivity contribution in [3.05, 3.63) is 0 Å². The van der Waals surface area contributed by atoms with E-state index in [-0.39, 0.29) is 23.8 Å². The van der Waals surface area contributed by atoms with Crippen LogP contribution in [-0.4, -0.2) is 76.5 Å². The molecular formula is C13H25N7O5S. The lowest BCUT2D eigenvalue weighted by Gasteiger charge is -2.37. The summed E-state index contributed by atoms with van der Waals surface area (Å²) in [5.74, 6) is -5.97. The van der Waals surface area contributed by atoms with E-state index in [2.05, 4.69) is 17.9 Å². The second kappa shape index (κ2) is 10.7. The first-order valence-electron chi connectivity index (χ1n) is 7.58. The second-order valence-electron chi connectivity index (χ2n) is 5.31. The van der Waals surface area contributed by atoms with Gasteiger partial charge in [-0.1, -0.05) is 0 Å². The molecule has 0 spiro atoms. The van der Waals surface area contributed by atoms with Gasteiger partial charge >= 0.3 is 5.97 Å².